The zero-order valence-electron chi connectivity index (χ0n) is 35.2. The molecule has 1 aromatic carbocycles. The number of aliphatic hydroxyl groups is 1. The summed E-state index contributed by atoms with van der Waals surface area (Å²) in [6.07, 6.45) is 11.7. The van der Waals surface area contributed by atoms with Gasteiger partial charge in [0, 0.05) is 57.2 Å². The molecule has 0 spiro atoms. The van der Waals surface area contributed by atoms with Gasteiger partial charge in [0.05, 0.1) is 24.5 Å². The molecule has 3 aliphatic rings. The number of methoxy groups -OCH3 is 1. The number of carboxylic acid groups (broad SMARTS) is 1. The minimum atomic E-state index is -0.972. The van der Waals surface area contributed by atoms with E-state index in [1.54, 1.807) is 30.8 Å². The third kappa shape index (κ3) is 15.0. The van der Waals surface area contributed by atoms with Crippen molar-refractivity contribution in [3.63, 3.8) is 0 Å². The van der Waals surface area contributed by atoms with Gasteiger partial charge in [-0.05, 0) is 70.4 Å². The maximum absolute atomic E-state index is 13.2. The van der Waals surface area contributed by atoms with Gasteiger partial charge in [0.1, 0.15) is 22.9 Å². The van der Waals surface area contributed by atoms with Gasteiger partial charge in [0.15, 0.2) is 0 Å². The Hall–Kier alpha value is -3.26. The molecule has 1 aromatic rings. The van der Waals surface area contributed by atoms with Crippen LogP contribution in [0.15, 0.2) is 35.9 Å². The van der Waals surface area contributed by atoms with Crippen molar-refractivity contribution in [1.29, 1.82) is 0 Å². The summed E-state index contributed by atoms with van der Waals surface area (Å²) in [5, 5.41) is 19.1. The lowest BCUT2D eigenvalue weighted by Crippen LogP contribution is -2.48. The Morgan fingerprint density at radius 1 is 1.24 bits per heavy atom. The average molecular weight is 813 g/mol. The number of carbonyl (C=O) groups is 4. The zero-order chi connectivity index (χ0) is 42.3. The number of anilines is 1. The molecule has 6 atom stereocenters. The van der Waals surface area contributed by atoms with E-state index in [1.807, 2.05) is 45.2 Å². The lowest BCUT2D eigenvalue weighted by molar-refractivity contribution is -0.148. The fourth-order valence-electron chi connectivity index (χ4n) is 6.23. The fourth-order valence-corrected chi connectivity index (χ4v) is 6.85. The normalized spacial score (nSPS) is 25.8. The average Bonchev–Trinajstić information content (AvgIpc) is 3.85. The zero-order valence-corrected chi connectivity index (χ0v) is 36.7. The van der Waals surface area contributed by atoms with E-state index in [1.165, 1.54) is 18.9 Å². The Balaban J connectivity index is 0.000000639. The molecule has 4 bridgehead atoms. The molecule has 3 heterocycles. The molecule has 2 saturated heterocycles. The van der Waals surface area contributed by atoms with Crippen LogP contribution >= 0.6 is 23.4 Å². The lowest BCUT2D eigenvalue weighted by Gasteiger charge is -2.33. The first-order valence-corrected chi connectivity index (χ1v) is 20.5. The van der Waals surface area contributed by atoms with Crippen molar-refractivity contribution in [1.82, 2.24) is 10.2 Å². The summed E-state index contributed by atoms with van der Waals surface area (Å²) in [5.74, 6) is -0.555. The number of amides is 3. The summed E-state index contributed by atoms with van der Waals surface area (Å²) in [6.45, 7) is 15.8. The van der Waals surface area contributed by atoms with Crippen molar-refractivity contribution in [2.45, 2.75) is 135 Å². The molecule has 3 amide bonds. The Bertz CT molecular complexity index is 1500. The van der Waals surface area contributed by atoms with Crippen molar-refractivity contribution in [3.05, 3.63) is 46.5 Å². The van der Waals surface area contributed by atoms with Crippen LogP contribution in [-0.4, -0.2) is 108 Å². The van der Waals surface area contributed by atoms with E-state index in [4.69, 9.17) is 36.0 Å². The summed E-state index contributed by atoms with van der Waals surface area (Å²) in [4.78, 5) is 50.7. The number of carboxylic acids is 1. The van der Waals surface area contributed by atoms with Crippen LogP contribution in [0.3, 0.4) is 0 Å². The fraction of sp³-hybridized carbons (Fsp3) is 0.659. The van der Waals surface area contributed by atoms with E-state index < -0.39 is 17.6 Å². The van der Waals surface area contributed by atoms with E-state index in [2.05, 4.69) is 45.2 Å². The van der Waals surface area contributed by atoms with Crippen LogP contribution in [0.4, 0.5) is 10.5 Å². The molecular formula is C41H66ClN3O9S. The smallest absolute Gasteiger partial charge is 0.407 e. The highest BCUT2D eigenvalue weighted by atomic mass is 35.5. The molecular weight excluding hydrogens is 746 g/mol. The van der Waals surface area contributed by atoms with Crippen molar-refractivity contribution >= 4 is 52.9 Å². The molecule has 3 aliphatic heterocycles. The van der Waals surface area contributed by atoms with Gasteiger partial charge in [-0.25, -0.2) is 9.59 Å². The van der Waals surface area contributed by atoms with Crippen molar-refractivity contribution in [2.24, 2.45) is 5.92 Å². The molecule has 312 valence electrons. The third-order valence-corrected chi connectivity index (χ3v) is 11.9. The Kier molecular flexibility index (Phi) is 20.9. The lowest BCUT2D eigenvalue weighted by atomic mass is 9.86. The number of hydrogen-bond acceptors (Lipinski definition) is 9. The molecule has 12 nitrogen and oxygen atoms in total. The molecule has 0 aliphatic carbocycles. The maximum Gasteiger partial charge on any atom is 0.407 e. The molecule has 14 heteroatoms. The number of fused-ring (bicyclic) bond motifs is 5. The highest BCUT2D eigenvalue weighted by molar-refractivity contribution is 7.99. The highest BCUT2D eigenvalue weighted by Gasteiger charge is 2.57. The number of ether oxygens (including phenoxy) is 3. The standard InChI is InChI=1S/C27H35ClN2O5.C11H21NO3S.C2H6.CH4O/c1-16-8-6-7-9-19-15-21(34-26(32)29-19)17(2)25-27(3,35-25)11-10-23(31)30(4)20-13-18(12-16)14-22(33-5)24(20)28;1-8(10(14)15)12(4)9(13)6-7-11(2,3)16-5;2*1-2/h6-8,13-14,17,19,21,25H,9-12,15H2,1-5H3,(H,29,32);8H,6-7H2,1-5H3,(H,14,15);1-2H3;2H,1H3/b7-6+,16-8+;;;/t17-,19?,21+,25+,27+;8-;;/m10../s1. The Morgan fingerprint density at radius 3 is 2.45 bits per heavy atom. The number of nitrogens with one attached hydrogen (secondary N) is 1. The van der Waals surface area contributed by atoms with Crippen LogP contribution in [0.25, 0.3) is 0 Å². The maximum atomic E-state index is 13.2. The first-order chi connectivity index (χ1) is 25.8. The van der Waals surface area contributed by atoms with Gasteiger partial charge in [0.25, 0.3) is 0 Å². The van der Waals surface area contributed by atoms with E-state index in [9.17, 15) is 19.2 Å². The third-order valence-electron chi connectivity index (χ3n) is 10.2. The number of allylic oxidation sites excluding steroid dienone is 3. The second-order valence-electron chi connectivity index (χ2n) is 14.7. The number of epoxide rings is 1. The number of thioether (sulfide) groups is 1. The summed E-state index contributed by atoms with van der Waals surface area (Å²) in [7, 11) is 5.85. The molecule has 2 fully saturated rings. The molecule has 4 rings (SSSR count). The van der Waals surface area contributed by atoms with Crippen LogP contribution in [0.5, 0.6) is 5.75 Å². The van der Waals surface area contributed by atoms with Gasteiger partial charge in [-0.3, -0.25) is 9.59 Å². The van der Waals surface area contributed by atoms with Gasteiger partial charge in [-0.1, -0.05) is 70.0 Å². The number of hydrogen-bond donors (Lipinski definition) is 3. The van der Waals surface area contributed by atoms with Gasteiger partial charge in [-0.15, -0.1) is 0 Å². The predicted octanol–water partition coefficient (Wildman–Crippen LogP) is 7.68. The first-order valence-electron chi connectivity index (χ1n) is 18.9. The van der Waals surface area contributed by atoms with Gasteiger partial charge >= 0.3 is 12.1 Å². The first kappa shape index (κ1) is 49.8. The topological polar surface area (TPSA) is 158 Å². The summed E-state index contributed by atoms with van der Waals surface area (Å²) in [6, 6.07) is 3.12. The molecule has 0 saturated carbocycles. The number of carbonyl (C=O) groups excluding carboxylic acids is 3. The number of alkyl carbamates (subject to hydrolysis) is 1. The quantitative estimate of drug-likeness (QED) is 0.233. The molecule has 0 radical (unpaired) electrons. The van der Waals surface area contributed by atoms with E-state index >= 15 is 0 Å². The number of aliphatic hydroxyl groups excluding tert-OH is 1. The number of aliphatic carboxylic acids is 1. The van der Waals surface area contributed by atoms with Gasteiger partial charge in [-0.2, -0.15) is 11.8 Å². The van der Waals surface area contributed by atoms with E-state index in [0.717, 1.165) is 37.5 Å². The summed E-state index contributed by atoms with van der Waals surface area (Å²) < 4.78 is 17.3. The van der Waals surface area contributed by atoms with Crippen molar-refractivity contribution in [2.75, 3.05) is 39.5 Å². The monoisotopic (exact) mass is 811 g/mol. The SMILES string of the molecule is CC.CO.COc1cc2cc(c1Cl)N(C)C(=O)CC[C@]1(C)O[C@H]1[C@H](C)[C@@H]1CC(C/C=C/C=C(\C)C2)NC(=O)O1.CSC(C)(C)CCC(=O)N(C)[C@@H](C)C(=O)O. The molecule has 1 unspecified atom stereocenters. The molecule has 55 heavy (non-hydrogen) atoms. The number of likely N-dealkylation sites (N-methyl/N-ethyl adjacent to an activating group) is 1. The minimum absolute atomic E-state index is 0.0130. The number of rotatable bonds is 7. The van der Waals surface area contributed by atoms with E-state index in [0.29, 0.717) is 42.1 Å². The largest absolute Gasteiger partial charge is 0.495 e. The Labute approximate surface area is 338 Å². The number of benzene rings is 1. The van der Waals surface area contributed by atoms with Gasteiger partial charge in [0.2, 0.25) is 11.8 Å². The van der Waals surface area contributed by atoms with Gasteiger partial charge < -0.3 is 39.5 Å². The van der Waals surface area contributed by atoms with E-state index in [-0.39, 0.29) is 46.8 Å². The Morgan fingerprint density at radius 2 is 1.87 bits per heavy atom. The predicted molar refractivity (Wildman–Crippen MR) is 222 cm³/mol. The summed E-state index contributed by atoms with van der Waals surface area (Å²) in [5.41, 5.74) is 2.37. The van der Waals surface area contributed by atoms with Crippen LogP contribution in [0.2, 0.25) is 5.02 Å². The van der Waals surface area contributed by atoms with Crippen LogP contribution < -0.4 is 15.0 Å². The molecule has 3 N–H and O–H groups in total. The number of halogens is 1. The highest BCUT2D eigenvalue weighted by Crippen LogP contribution is 2.47. The van der Waals surface area contributed by atoms with Crippen LogP contribution in [0.1, 0.15) is 99.5 Å². The second kappa shape index (κ2) is 23.1. The van der Waals surface area contributed by atoms with Crippen molar-refractivity contribution < 1.29 is 43.6 Å². The van der Waals surface area contributed by atoms with Crippen LogP contribution in [-0.2, 0) is 30.3 Å². The van der Waals surface area contributed by atoms with Crippen molar-refractivity contribution in [3.8, 4) is 5.75 Å². The number of nitrogens with zero attached hydrogens (tertiary/aromatic N) is 2. The second-order valence-corrected chi connectivity index (χ2v) is 16.5. The summed E-state index contributed by atoms with van der Waals surface area (Å²) >= 11 is 8.31. The molecule has 0 aromatic heterocycles. The van der Waals surface area contributed by atoms with Crippen LogP contribution in [0, 0.1) is 5.92 Å². The minimum Gasteiger partial charge on any atom is -0.495 e.